The van der Waals surface area contributed by atoms with Crippen molar-refractivity contribution in [3.63, 3.8) is 0 Å². The molecule has 0 radical (unpaired) electrons. The zero-order valence-electron chi connectivity index (χ0n) is 9.76. The summed E-state index contributed by atoms with van der Waals surface area (Å²) in [5.41, 5.74) is 3.55. The molecule has 0 spiro atoms. The van der Waals surface area contributed by atoms with Crippen molar-refractivity contribution in [3.8, 4) is 10.4 Å². The van der Waals surface area contributed by atoms with Crippen molar-refractivity contribution < 1.29 is 0 Å². The number of benzene rings is 1. The Balaban J connectivity index is 1.75. The molecule has 3 aromatic rings. The number of nitrogens with one attached hydrogen (secondary N) is 2. The van der Waals surface area contributed by atoms with Crippen LogP contribution >= 0.6 is 11.3 Å². The highest BCUT2D eigenvalue weighted by Crippen LogP contribution is 2.25. The molecule has 0 aliphatic carbocycles. The zero-order valence-corrected chi connectivity index (χ0v) is 10.6. The summed E-state index contributed by atoms with van der Waals surface area (Å²) >= 11 is 1.77. The van der Waals surface area contributed by atoms with E-state index in [1.807, 2.05) is 6.20 Å². The van der Waals surface area contributed by atoms with Crippen LogP contribution in [0.15, 0.2) is 54.2 Å². The van der Waals surface area contributed by atoms with Crippen molar-refractivity contribution >= 4 is 17.0 Å². The van der Waals surface area contributed by atoms with Crippen molar-refractivity contribution in [2.45, 2.75) is 6.54 Å². The summed E-state index contributed by atoms with van der Waals surface area (Å²) in [6.45, 7) is 0.804. The van der Waals surface area contributed by atoms with Gasteiger partial charge < -0.3 is 5.32 Å². The molecule has 90 valence electrons. The van der Waals surface area contributed by atoms with E-state index in [4.69, 9.17) is 0 Å². The van der Waals surface area contributed by atoms with Crippen LogP contribution in [-0.2, 0) is 6.54 Å². The first-order valence-corrected chi connectivity index (χ1v) is 6.65. The molecule has 0 saturated carbocycles. The molecule has 2 heterocycles. The maximum Gasteiger partial charge on any atom is 0.0726 e. The predicted molar refractivity (Wildman–Crippen MR) is 75.7 cm³/mol. The van der Waals surface area contributed by atoms with E-state index in [1.54, 1.807) is 17.5 Å². The summed E-state index contributed by atoms with van der Waals surface area (Å²) in [5.74, 6) is 0. The van der Waals surface area contributed by atoms with Crippen molar-refractivity contribution in [2.24, 2.45) is 0 Å². The molecule has 2 N–H and O–H groups in total. The summed E-state index contributed by atoms with van der Waals surface area (Å²) in [6.07, 6.45) is 3.63. The Kier molecular flexibility index (Phi) is 3.10. The van der Waals surface area contributed by atoms with Gasteiger partial charge in [-0.3, -0.25) is 5.10 Å². The largest absolute Gasteiger partial charge is 0.378 e. The van der Waals surface area contributed by atoms with E-state index in [0.717, 1.165) is 12.2 Å². The number of aromatic nitrogens is 2. The average molecular weight is 255 g/mol. The van der Waals surface area contributed by atoms with Crippen LogP contribution < -0.4 is 5.32 Å². The first-order chi connectivity index (χ1) is 8.92. The van der Waals surface area contributed by atoms with E-state index in [1.165, 1.54) is 16.0 Å². The van der Waals surface area contributed by atoms with Crippen molar-refractivity contribution in [3.05, 3.63) is 59.7 Å². The molecule has 2 aromatic heterocycles. The van der Waals surface area contributed by atoms with Gasteiger partial charge >= 0.3 is 0 Å². The summed E-state index contributed by atoms with van der Waals surface area (Å²) in [5, 5.41) is 12.1. The smallest absolute Gasteiger partial charge is 0.0726 e. The summed E-state index contributed by atoms with van der Waals surface area (Å²) in [6, 6.07) is 12.8. The minimum Gasteiger partial charge on any atom is -0.378 e. The first-order valence-electron chi connectivity index (χ1n) is 5.77. The minimum absolute atomic E-state index is 0.804. The number of aromatic amines is 1. The van der Waals surface area contributed by atoms with Crippen LogP contribution in [0.4, 0.5) is 5.69 Å². The summed E-state index contributed by atoms with van der Waals surface area (Å²) in [4.78, 5) is 1.31. The molecule has 0 bridgehead atoms. The number of hydrogen-bond acceptors (Lipinski definition) is 3. The van der Waals surface area contributed by atoms with Crippen LogP contribution in [0.2, 0.25) is 0 Å². The molecule has 0 amide bonds. The van der Waals surface area contributed by atoms with Gasteiger partial charge in [0.25, 0.3) is 0 Å². The number of anilines is 1. The van der Waals surface area contributed by atoms with E-state index in [-0.39, 0.29) is 0 Å². The molecule has 0 saturated heterocycles. The fraction of sp³-hybridized carbons (Fsp3) is 0.0714. The van der Waals surface area contributed by atoms with Crippen molar-refractivity contribution in [1.82, 2.24) is 10.2 Å². The molecule has 0 atom stereocenters. The number of H-pyrrole nitrogens is 1. The van der Waals surface area contributed by atoms with Gasteiger partial charge in [0.2, 0.25) is 0 Å². The van der Waals surface area contributed by atoms with Gasteiger partial charge in [-0.05, 0) is 28.6 Å². The Labute approximate surface area is 109 Å². The SMILES string of the molecule is c1cc(CNc2cn[nH]c2)cc(-c2cccs2)c1. The molecule has 0 aliphatic heterocycles. The van der Waals surface area contributed by atoms with Gasteiger partial charge in [0.05, 0.1) is 11.9 Å². The monoisotopic (exact) mass is 255 g/mol. The number of hydrogen-bond donors (Lipinski definition) is 2. The molecule has 3 rings (SSSR count). The van der Waals surface area contributed by atoms with Gasteiger partial charge in [0.1, 0.15) is 0 Å². The quantitative estimate of drug-likeness (QED) is 0.745. The van der Waals surface area contributed by atoms with E-state index < -0.39 is 0 Å². The van der Waals surface area contributed by atoms with Crippen molar-refractivity contribution in [2.75, 3.05) is 5.32 Å². The fourth-order valence-electron chi connectivity index (χ4n) is 1.83. The Bertz CT molecular complexity index is 600. The van der Waals surface area contributed by atoms with Gasteiger partial charge in [-0.15, -0.1) is 11.3 Å². The van der Waals surface area contributed by atoms with Gasteiger partial charge in [-0.25, -0.2) is 0 Å². The highest BCUT2D eigenvalue weighted by Gasteiger charge is 2.00. The Morgan fingerprint density at radius 2 is 2.22 bits per heavy atom. The van der Waals surface area contributed by atoms with Gasteiger partial charge in [-0.1, -0.05) is 24.3 Å². The molecule has 0 fully saturated rings. The third-order valence-corrected chi connectivity index (χ3v) is 3.65. The molecular formula is C14H13N3S. The standard InChI is InChI=1S/C14H13N3S/c1-3-11(8-15-13-9-16-17-10-13)7-12(4-1)14-5-2-6-18-14/h1-7,9-10,15H,8H2,(H,16,17). The highest BCUT2D eigenvalue weighted by molar-refractivity contribution is 7.13. The summed E-state index contributed by atoms with van der Waals surface area (Å²) < 4.78 is 0. The fourth-order valence-corrected chi connectivity index (χ4v) is 2.55. The number of nitrogens with zero attached hydrogens (tertiary/aromatic N) is 1. The molecule has 0 aliphatic rings. The lowest BCUT2D eigenvalue weighted by Gasteiger charge is -2.05. The van der Waals surface area contributed by atoms with Crippen LogP contribution in [0, 0.1) is 0 Å². The maximum atomic E-state index is 3.91. The van der Waals surface area contributed by atoms with Gasteiger partial charge in [0.15, 0.2) is 0 Å². The molecule has 0 unspecified atom stereocenters. The third kappa shape index (κ3) is 2.43. The Morgan fingerprint density at radius 3 is 3.00 bits per heavy atom. The first kappa shape index (κ1) is 11.0. The van der Waals surface area contributed by atoms with Crippen LogP contribution in [0.3, 0.4) is 0 Å². The third-order valence-electron chi connectivity index (χ3n) is 2.73. The maximum absolute atomic E-state index is 3.91. The zero-order chi connectivity index (χ0) is 12.2. The number of thiophene rings is 1. The normalized spacial score (nSPS) is 10.4. The van der Waals surface area contributed by atoms with Gasteiger partial charge in [-0.2, -0.15) is 5.10 Å². The Hall–Kier alpha value is -2.07. The molecule has 4 heteroatoms. The molecule has 18 heavy (non-hydrogen) atoms. The second-order valence-electron chi connectivity index (χ2n) is 4.02. The highest BCUT2D eigenvalue weighted by atomic mass is 32.1. The number of rotatable bonds is 4. The topological polar surface area (TPSA) is 40.7 Å². The van der Waals surface area contributed by atoms with Gasteiger partial charge in [0, 0.05) is 17.6 Å². The van der Waals surface area contributed by atoms with Crippen LogP contribution in [0.5, 0.6) is 0 Å². The van der Waals surface area contributed by atoms with Crippen molar-refractivity contribution in [1.29, 1.82) is 0 Å². The minimum atomic E-state index is 0.804. The second-order valence-corrected chi connectivity index (χ2v) is 4.97. The lowest BCUT2D eigenvalue weighted by atomic mass is 10.1. The van der Waals surface area contributed by atoms with E-state index >= 15 is 0 Å². The summed E-state index contributed by atoms with van der Waals surface area (Å²) in [7, 11) is 0. The average Bonchev–Trinajstić information content (AvgIpc) is 3.10. The second kappa shape index (κ2) is 5.06. The van der Waals surface area contributed by atoms with E-state index in [9.17, 15) is 0 Å². The molecular weight excluding hydrogens is 242 g/mol. The van der Waals surface area contributed by atoms with Crippen LogP contribution in [-0.4, -0.2) is 10.2 Å². The molecule has 1 aromatic carbocycles. The van der Waals surface area contributed by atoms with Crippen LogP contribution in [0.25, 0.3) is 10.4 Å². The predicted octanol–water partition coefficient (Wildman–Crippen LogP) is 3.75. The van der Waals surface area contributed by atoms with Crippen LogP contribution in [0.1, 0.15) is 5.56 Å². The lowest BCUT2D eigenvalue weighted by Crippen LogP contribution is -1.98. The lowest BCUT2D eigenvalue weighted by molar-refractivity contribution is 1.09. The van der Waals surface area contributed by atoms with E-state index in [0.29, 0.717) is 0 Å². The molecule has 3 nitrogen and oxygen atoms in total. The van der Waals surface area contributed by atoms with E-state index in [2.05, 4.69) is 57.3 Å². The Morgan fingerprint density at radius 1 is 1.22 bits per heavy atom.